The second-order valence-electron chi connectivity index (χ2n) is 6.17. The molecule has 1 aromatic heterocycles. The smallest absolute Gasteiger partial charge is 0.217 e. The van der Waals surface area contributed by atoms with E-state index < -0.39 is 0 Å². The maximum absolute atomic E-state index is 11.1. The Kier molecular flexibility index (Phi) is 4.43. The van der Waals surface area contributed by atoms with Gasteiger partial charge in [-0.3, -0.25) is 4.79 Å². The number of primary amides is 1. The maximum atomic E-state index is 11.1. The fraction of sp³-hybridized carbons (Fsp3) is 0.375. The Morgan fingerprint density at radius 3 is 2.62 bits per heavy atom. The minimum Gasteiger partial charge on any atom is -0.370 e. The van der Waals surface area contributed by atoms with E-state index in [4.69, 9.17) is 11.5 Å². The first-order chi connectivity index (χ1) is 9.87. The van der Waals surface area contributed by atoms with Gasteiger partial charge in [0.15, 0.2) is 0 Å². The summed E-state index contributed by atoms with van der Waals surface area (Å²) >= 11 is 0. The van der Waals surface area contributed by atoms with Crippen molar-refractivity contribution in [2.45, 2.75) is 32.7 Å². The van der Waals surface area contributed by atoms with E-state index in [1.807, 2.05) is 50.4 Å². The molecule has 0 saturated carbocycles. The van der Waals surface area contributed by atoms with Crippen molar-refractivity contribution in [1.82, 2.24) is 9.78 Å². The summed E-state index contributed by atoms with van der Waals surface area (Å²) in [6.07, 6.45) is 4.71. The van der Waals surface area contributed by atoms with Gasteiger partial charge in [0, 0.05) is 24.2 Å². The molecule has 0 radical (unpaired) electrons. The molecule has 2 aromatic rings. The Morgan fingerprint density at radius 1 is 1.33 bits per heavy atom. The van der Waals surface area contributed by atoms with Crippen LogP contribution in [0.5, 0.6) is 0 Å². The van der Waals surface area contributed by atoms with Gasteiger partial charge >= 0.3 is 0 Å². The van der Waals surface area contributed by atoms with Crippen molar-refractivity contribution >= 4 is 5.91 Å². The maximum Gasteiger partial charge on any atom is 0.217 e. The molecule has 1 heterocycles. The number of rotatable bonds is 6. The molecule has 0 spiro atoms. The van der Waals surface area contributed by atoms with Gasteiger partial charge in [-0.1, -0.05) is 32.0 Å². The highest BCUT2D eigenvalue weighted by Crippen LogP contribution is 2.31. The molecule has 0 saturated heterocycles. The largest absolute Gasteiger partial charge is 0.370 e. The van der Waals surface area contributed by atoms with Gasteiger partial charge in [-0.05, 0) is 24.0 Å². The summed E-state index contributed by atoms with van der Waals surface area (Å²) in [5.41, 5.74) is 13.2. The first kappa shape index (κ1) is 15.3. The van der Waals surface area contributed by atoms with Crippen molar-refractivity contribution in [2.75, 3.05) is 0 Å². The molecule has 5 heteroatoms. The van der Waals surface area contributed by atoms with E-state index in [2.05, 4.69) is 5.10 Å². The fourth-order valence-corrected chi connectivity index (χ4v) is 2.51. The van der Waals surface area contributed by atoms with Crippen LogP contribution in [-0.2, 0) is 4.79 Å². The molecule has 2 rings (SSSR count). The van der Waals surface area contributed by atoms with Crippen LogP contribution < -0.4 is 11.5 Å². The number of benzene rings is 1. The Morgan fingerprint density at radius 2 is 2.00 bits per heavy atom. The number of hydrogen-bond donors (Lipinski definition) is 2. The molecule has 0 aliphatic rings. The average Bonchev–Trinajstić information content (AvgIpc) is 2.87. The third-order valence-electron chi connectivity index (χ3n) is 3.48. The van der Waals surface area contributed by atoms with E-state index in [9.17, 15) is 4.79 Å². The van der Waals surface area contributed by atoms with Crippen LogP contribution in [0.15, 0.2) is 42.7 Å². The van der Waals surface area contributed by atoms with Gasteiger partial charge in [-0.2, -0.15) is 5.10 Å². The highest BCUT2D eigenvalue weighted by molar-refractivity contribution is 5.74. The number of nitrogens with zero attached hydrogens (tertiary/aromatic N) is 2. The first-order valence-electron chi connectivity index (χ1n) is 7.01. The quantitative estimate of drug-likeness (QED) is 0.853. The molecule has 5 nitrogen and oxygen atoms in total. The van der Waals surface area contributed by atoms with E-state index in [0.717, 1.165) is 11.3 Å². The molecular formula is C16H22N4O. The molecular weight excluding hydrogens is 264 g/mol. The van der Waals surface area contributed by atoms with Gasteiger partial charge in [-0.15, -0.1) is 0 Å². The monoisotopic (exact) mass is 286 g/mol. The van der Waals surface area contributed by atoms with Gasteiger partial charge in [0.2, 0.25) is 5.91 Å². The van der Waals surface area contributed by atoms with Crippen molar-refractivity contribution in [3.05, 3.63) is 48.3 Å². The lowest BCUT2D eigenvalue weighted by molar-refractivity contribution is -0.120. The van der Waals surface area contributed by atoms with Gasteiger partial charge in [0.25, 0.3) is 0 Å². The van der Waals surface area contributed by atoms with Gasteiger partial charge < -0.3 is 11.5 Å². The Balaban J connectivity index is 2.09. The van der Waals surface area contributed by atoms with E-state index >= 15 is 0 Å². The normalized spacial score (nSPS) is 13.1. The van der Waals surface area contributed by atoms with Gasteiger partial charge in [0.1, 0.15) is 0 Å². The molecule has 0 bridgehead atoms. The van der Waals surface area contributed by atoms with Crippen LogP contribution in [0.4, 0.5) is 0 Å². The lowest BCUT2D eigenvalue weighted by Crippen LogP contribution is -2.26. The lowest BCUT2D eigenvalue weighted by atomic mass is 9.81. The van der Waals surface area contributed by atoms with Crippen molar-refractivity contribution < 1.29 is 4.79 Å². The molecule has 1 atom stereocenters. The predicted molar refractivity (Wildman–Crippen MR) is 82.7 cm³/mol. The zero-order chi connectivity index (χ0) is 15.5. The summed E-state index contributed by atoms with van der Waals surface area (Å²) in [6, 6.07) is 9.70. The molecule has 0 aliphatic carbocycles. The third kappa shape index (κ3) is 4.16. The number of para-hydroxylation sites is 1. The van der Waals surface area contributed by atoms with Gasteiger partial charge in [-0.25, -0.2) is 4.68 Å². The Hall–Kier alpha value is -2.14. The van der Waals surface area contributed by atoms with Crippen LogP contribution in [-0.4, -0.2) is 15.7 Å². The topological polar surface area (TPSA) is 86.9 Å². The second kappa shape index (κ2) is 6.10. The molecule has 4 N–H and O–H groups in total. The highest BCUT2D eigenvalue weighted by Gasteiger charge is 2.25. The lowest BCUT2D eigenvalue weighted by Gasteiger charge is -2.26. The molecule has 1 aromatic carbocycles. The molecule has 21 heavy (non-hydrogen) atoms. The molecule has 112 valence electrons. The number of hydrogen-bond acceptors (Lipinski definition) is 3. The summed E-state index contributed by atoms with van der Waals surface area (Å²) in [5.74, 6) is -0.299. The molecule has 1 unspecified atom stereocenters. The van der Waals surface area contributed by atoms with Crippen LogP contribution >= 0.6 is 0 Å². The zero-order valence-corrected chi connectivity index (χ0v) is 12.5. The van der Waals surface area contributed by atoms with Crippen LogP contribution in [0.3, 0.4) is 0 Å². The minimum absolute atomic E-state index is 0.170. The number of nitrogens with two attached hydrogens (primary N) is 2. The van der Waals surface area contributed by atoms with E-state index in [0.29, 0.717) is 12.8 Å². The summed E-state index contributed by atoms with van der Waals surface area (Å²) in [7, 11) is 0. The van der Waals surface area contributed by atoms with Crippen molar-refractivity contribution in [3.63, 3.8) is 0 Å². The Labute approximate surface area is 124 Å². The van der Waals surface area contributed by atoms with E-state index in [-0.39, 0.29) is 17.4 Å². The summed E-state index contributed by atoms with van der Waals surface area (Å²) in [5, 5.41) is 4.34. The van der Waals surface area contributed by atoms with Crippen LogP contribution in [0.2, 0.25) is 0 Å². The summed E-state index contributed by atoms with van der Waals surface area (Å²) < 4.78 is 1.80. The van der Waals surface area contributed by atoms with Crippen LogP contribution in [0.25, 0.3) is 5.69 Å². The summed E-state index contributed by atoms with van der Waals surface area (Å²) in [4.78, 5) is 11.1. The number of carbonyl (C=O) groups excluding carboxylic acids is 1. The predicted octanol–water partition coefficient (Wildman–Crippen LogP) is 2.16. The molecule has 1 amide bonds. The third-order valence-corrected chi connectivity index (χ3v) is 3.48. The summed E-state index contributed by atoms with van der Waals surface area (Å²) in [6.45, 7) is 4.00. The average molecular weight is 286 g/mol. The molecule has 0 fully saturated rings. The minimum atomic E-state index is -0.299. The second-order valence-corrected chi connectivity index (χ2v) is 6.17. The van der Waals surface area contributed by atoms with Crippen molar-refractivity contribution in [1.29, 1.82) is 0 Å². The standard InChI is InChI=1S/C16H22N4O/c1-16(2,9-15(18)21)8-14(17)12-10-19-20(11-12)13-6-4-3-5-7-13/h3-7,10-11,14H,8-9,17H2,1-2H3,(H2,18,21). The SMILES string of the molecule is CC(C)(CC(N)=O)CC(N)c1cnn(-c2ccccc2)c1. The number of amides is 1. The van der Waals surface area contributed by atoms with E-state index in [1.165, 1.54) is 0 Å². The first-order valence-corrected chi connectivity index (χ1v) is 7.01. The number of carbonyl (C=O) groups is 1. The fourth-order valence-electron chi connectivity index (χ4n) is 2.51. The highest BCUT2D eigenvalue weighted by atomic mass is 16.1. The van der Waals surface area contributed by atoms with Crippen molar-refractivity contribution in [2.24, 2.45) is 16.9 Å². The van der Waals surface area contributed by atoms with E-state index in [1.54, 1.807) is 10.9 Å². The van der Waals surface area contributed by atoms with Crippen LogP contribution in [0.1, 0.15) is 38.3 Å². The zero-order valence-electron chi connectivity index (χ0n) is 12.5. The molecule has 0 aliphatic heterocycles. The van der Waals surface area contributed by atoms with Gasteiger partial charge in [0.05, 0.1) is 11.9 Å². The van der Waals surface area contributed by atoms with Crippen molar-refractivity contribution in [3.8, 4) is 5.69 Å². The number of aromatic nitrogens is 2. The van der Waals surface area contributed by atoms with Crippen LogP contribution in [0, 0.1) is 5.41 Å². The Bertz CT molecular complexity index is 604.